The van der Waals surface area contributed by atoms with Crippen molar-refractivity contribution in [3.63, 3.8) is 0 Å². The van der Waals surface area contributed by atoms with E-state index < -0.39 is 17.6 Å². The summed E-state index contributed by atoms with van der Waals surface area (Å²) in [5.41, 5.74) is -0.507. The number of benzene rings is 1. The zero-order valence-electron chi connectivity index (χ0n) is 11.0. The van der Waals surface area contributed by atoms with E-state index in [4.69, 9.17) is 4.74 Å². The Kier molecular flexibility index (Phi) is 4.42. The minimum absolute atomic E-state index is 0.127. The average Bonchev–Trinajstić information content (AvgIpc) is 2.40. The number of nitrogens with one attached hydrogen (secondary N) is 1. The van der Waals surface area contributed by atoms with Crippen molar-refractivity contribution in [1.82, 2.24) is 10.3 Å². The predicted octanol–water partition coefficient (Wildman–Crippen LogP) is 3.75. The third-order valence-corrected chi connectivity index (χ3v) is 2.65. The molecule has 0 unspecified atom stereocenters. The Bertz CT molecular complexity index is 629. The Morgan fingerprint density at radius 1 is 1.19 bits per heavy atom. The third-order valence-electron chi connectivity index (χ3n) is 2.65. The molecule has 1 aromatic heterocycles. The van der Waals surface area contributed by atoms with Gasteiger partial charge in [-0.1, -0.05) is 0 Å². The Hall–Kier alpha value is -2.15. The van der Waals surface area contributed by atoms with Crippen molar-refractivity contribution >= 4 is 0 Å². The molecule has 0 saturated heterocycles. The quantitative estimate of drug-likeness (QED) is 0.873. The van der Waals surface area contributed by atoms with E-state index in [1.807, 2.05) is 0 Å². The molecular weight excluding hydrogens is 288 g/mol. The molecule has 1 heterocycles. The first-order chi connectivity index (χ1) is 9.90. The van der Waals surface area contributed by atoms with Gasteiger partial charge in [0.1, 0.15) is 11.6 Å². The van der Waals surface area contributed by atoms with Crippen LogP contribution in [0.2, 0.25) is 0 Å². The first-order valence-electron chi connectivity index (χ1n) is 6.04. The number of hydrogen-bond acceptors (Lipinski definition) is 3. The van der Waals surface area contributed by atoms with Crippen LogP contribution in [0.1, 0.15) is 11.1 Å². The van der Waals surface area contributed by atoms with Crippen LogP contribution in [0.15, 0.2) is 36.5 Å². The second-order valence-electron chi connectivity index (χ2n) is 4.27. The summed E-state index contributed by atoms with van der Waals surface area (Å²) in [7, 11) is 1.76. The topological polar surface area (TPSA) is 34.2 Å². The molecule has 0 radical (unpaired) electrons. The highest BCUT2D eigenvalue weighted by Crippen LogP contribution is 2.34. The maximum atomic E-state index is 13.2. The van der Waals surface area contributed by atoms with Crippen molar-refractivity contribution < 1.29 is 22.3 Å². The lowest BCUT2D eigenvalue weighted by Gasteiger charge is -2.11. The lowest BCUT2D eigenvalue weighted by atomic mass is 10.2. The van der Waals surface area contributed by atoms with Crippen LogP contribution in [0.25, 0.3) is 0 Å². The molecule has 3 nitrogen and oxygen atoms in total. The Labute approximate surface area is 118 Å². The van der Waals surface area contributed by atoms with Crippen molar-refractivity contribution in [2.24, 2.45) is 0 Å². The molecule has 0 spiro atoms. The lowest BCUT2D eigenvalue weighted by Crippen LogP contribution is -2.08. The van der Waals surface area contributed by atoms with E-state index in [-0.39, 0.29) is 11.6 Å². The van der Waals surface area contributed by atoms with Gasteiger partial charge in [-0.15, -0.1) is 0 Å². The van der Waals surface area contributed by atoms with E-state index >= 15 is 0 Å². The summed E-state index contributed by atoms with van der Waals surface area (Å²) < 4.78 is 56.3. The third kappa shape index (κ3) is 3.91. The average molecular weight is 300 g/mol. The van der Waals surface area contributed by atoms with Gasteiger partial charge in [-0.3, -0.25) is 0 Å². The van der Waals surface area contributed by atoms with E-state index in [2.05, 4.69) is 10.3 Å². The van der Waals surface area contributed by atoms with Gasteiger partial charge in [0.25, 0.3) is 0 Å². The molecular formula is C14H12F4N2O. The molecule has 0 fully saturated rings. The zero-order valence-corrected chi connectivity index (χ0v) is 11.0. The number of halogens is 4. The maximum Gasteiger partial charge on any atom is 0.419 e. The molecule has 2 rings (SSSR count). The van der Waals surface area contributed by atoms with Crippen LogP contribution in [0.4, 0.5) is 17.6 Å². The summed E-state index contributed by atoms with van der Waals surface area (Å²) >= 11 is 0. The fourth-order valence-corrected chi connectivity index (χ4v) is 1.73. The minimum Gasteiger partial charge on any atom is -0.439 e. The highest BCUT2D eigenvalue weighted by Gasteiger charge is 2.34. The molecule has 21 heavy (non-hydrogen) atoms. The van der Waals surface area contributed by atoms with Crippen LogP contribution >= 0.6 is 0 Å². The predicted molar refractivity (Wildman–Crippen MR) is 68.5 cm³/mol. The van der Waals surface area contributed by atoms with Crippen molar-refractivity contribution in [2.75, 3.05) is 7.05 Å². The van der Waals surface area contributed by atoms with E-state index in [0.717, 1.165) is 17.7 Å². The first kappa shape index (κ1) is 15.2. The van der Waals surface area contributed by atoms with Crippen molar-refractivity contribution in [1.29, 1.82) is 0 Å². The van der Waals surface area contributed by atoms with Gasteiger partial charge in [-0.05, 0) is 36.9 Å². The van der Waals surface area contributed by atoms with Crippen LogP contribution in [-0.2, 0) is 12.7 Å². The molecule has 0 saturated carbocycles. The summed E-state index contributed by atoms with van der Waals surface area (Å²) in [6, 6.07) is 5.79. The molecule has 0 amide bonds. The maximum absolute atomic E-state index is 13.2. The van der Waals surface area contributed by atoms with Gasteiger partial charge in [0.2, 0.25) is 5.88 Å². The fraction of sp³-hybridized carbons (Fsp3) is 0.214. The van der Waals surface area contributed by atoms with Crippen LogP contribution < -0.4 is 10.1 Å². The summed E-state index contributed by atoms with van der Waals surface area (Å²) in [5, 5.41) is 2.93. The lowest BCUT2D eigenvalue weighted by molar-refractivity contribution is -0.140. The Morgan fingerprint density at radius 3 is 2.62 bits per heavy atom. The molecule has 0 aliphatic rings. The standard InChI is InChI=1S/C14H12F4N2O/c1-19-8-9-4-5-20-13(6-9)21-10-2-3-12(15)11(7-10)14(16,17)18/h2-7,19H,8H2,1H3. The molecule has 112 valence electrons. The number of pyridine rings is 1. The highest BCUT2D eigenvalue weighted by atomic mass is 19.4. The summed E-state index contributed by atoms with van der Waals surface area (Å²) in [6.07, 6.45) is -3.29. The first-order valence-corrected chi connectivity index (χ1v) is 6.04. The summed E-state index contributed by atoms with van der Waals surface area (Å²) in [6.45, 7) is 0.566. The number of nitrogens with zero attached hydrogens (tertiary/aromatic N) is 1. The van der Waals surface area contributed by atoms with Crippen LogP contribution in [0, 0.1) is 5.82 Å². The second kappa shape index (κ2) is 6.09. The van der Waals surface area contributed by atoms with Gasteiger partial charge < -0.3 is 10.1 Å². The van der Waals surface area contributed by atoms with Gasteiger partial charge in [0, 0.05) is 18.8 Å². The highest BCUT2D eigenvalue weighted by molar-refractivity contribution is 5.34. The molecule has 1 aromatic carbocycles. The molecule has 1 N–H and O–H groups in total. The van der Waals surface area contributed by atoms with Gasteiger partial charge in [-0.2, -0.15) is 13.2 Å². The Morgan fingerprint density at radius 2 is 1.95 bits per heavy atom. The summed E-state index contributed by atoms with van der Waals surface area (Å²) in [5.74, 6) is -1.33. The number of hydrogen-bond donors (Lipinski definition) is 1. The molecule has 0 bridgehead atoms. The minimum atomic E-state index is -4.77. The SMILES string of the molecule is CNCc1ccnc(Oc2ccc(F)c(C(F)(F)F)c2)c1. The summed E-state index contributed by atoms with van der Waals surface area (Å²) in [4.78, 5) is 3.91. The number of aromatic nitrogens is 1. The molecule has 0 aliphatic carbocycles. The molecule has 7 heteroatoms. The largest absolute Gasteiger partial charge is 0.439 e. The van der Waals surface area contributed by atoms with Crippen LogP contribution in [0.5, 0.6) is 11.6 Å². The van der Waals surface area contributed by atoms with Gasteiger partial charge in [-0.25, -0.2) is 9.37 Å². The van der Waals surface area contributed by atoms with Crippen LogP contribution in [0.3, 0.4) is 0 Å². The Balaban J connectivity index is 2.26. The van der Waals surface area contributed by atoms with Gasteiger partial charge >= 0.3 is 6.18 Å². The number of rotatable bonds is 4. The van der Waals surface area contributed by atoms with Crippen LogP contribution in [-0.4, -0.2) is 12.0 Å². The molecule has 0 aliphatic heterocycles. The molecule has 0 atom stereocenters. The molecule has 2 aromatic rings. The van der Waals surface area contributed by atoms with Gasteiger partial charge in [0.15, 0.2) is 0 Å². The van der Waals surface area contributed by atoms with Crippen molar-refractivity contribution in [2.45, 2.75) is 12.7 Å². The zero-order chi connectivity index (χ0) is 15.5. The van der Waals surface area contributed by atoms with E-state index in [0.29, 0.717) is 12.6 Å². The second-order valence-corrected chi connectivity index (χ2v) is 4.27. The monoisotopic (exact) mass is 300 g/mol. The number of alkyl halides is 3. The normalized spacial score (nSPS) is 11.5. The van der Waals surface area contributed by atoms with E-state index in [1.165, 1.54) is 6.20 Å². The fourth-order valence-electron chi connectivity index (χ4n) is 1.73. The van der Waals surface area contributed by atoms with Crippen molar-refractivity contribution in [3.05, 3.63) is 53.5 Å². The van der Waals surface area contributed by atoms with Crippen molar-refractivity contribution in [3.8, 4) is 11.6 Å². The number of ether oxygens (including phenoxy) is 1. The van der Waals surface area contributed by atoms with E-state index in [1.54, 1.807) is 19.2 Å². The van der Waals surface area contributed by atoms with Gasteiger partial charge in [0.05, 0.1) is 5.56 Å². The van der Waals surface area contributed by atoms with E-state index in [9.17, 15) is 17.6 Å². The smallest absolute Gasteiger partial charge is 0.419 e.